The van der Waals surface area contributed by atoms with Crippen LogP contribution in [0.2, 0.25) is 0 Å². The van der Waals surface area contributed by atoms with Crippen molar-refractivity contribution >= 4 is 0 Å². The molecule has 0 saturated heterocycles. The molecule has 0 radical (unpaired) electrons. The molecule has 2 heteroatoms. The Hall–Kier alpha value is -0.890. The van der Waals surface area contributed by atoms with Crippen molar-refractivity contribution in [2.24, 2.45) is 11.8 Å². The van der Waals surface area contributed by atoms with Gasteiger partial charge in [-0.3, -0.25) is 0 Å². The molecule has 0 aromatic heterocycles. The fraction of sp³-hybridized carbons (Fsp3) is 0.571. The summed E-state index contributed by atoms with van der Waals surface area (Å²) in [4.78, 5) is 0. The first-order valence-electron chi connectivity index (χ1n) is 6.13. The van der Waals surface area contributed by atoms with Crippen molar-refractivity contribution in [3.05, 3.63) is 35.1 Å². The monoisotopic (exact) mass is 220 g/mol. The van der Waals surface area contributed by atoms with Crippen LogP contribution in [0, 0.1) is 24.6 Å². The van der Waals surface area contributed by atoms with Crippen molar-refractivity contribution in [3.63, 3.8) is 0 Å². The van der Waals surface area contributed by atoms with Gasteiger partial charge in [0.05, 0.1) is 5.60 Å². The topological polar surface area (TPSA) is 20.2 Å². The number of aryl methyl sites for hydroxylation is 1. The van der Waals surface area contributed by atoms with E-state index in [9.17, 15) is 9.50 Å². The summed E-state index contributed by atoms with van der Waals surface area (Å²) in [6.45, 7) is 1.94. The van der Waals surface area contributed by atoms with Crippen molar-refractivity contribution in [3.8, 4) is 0 Å². The highest BCUT2D eigenvalue weighted by molar-refractivity contribution is 5.36. The SMILES string of the molecule is Cc1ccc(F)c(C2(O)C3CCCCC32)c1. The molecule has 1 N–H and O–H groups in total. The maximum Gasteiger partial charge on any atom is 0.129 e. The van der Waals surface area contributed by atoms with Crippen LogP contribution >= 0.6 is 0 Å². The summed E-state index contributed by atoms with van der Waals surface area (Å²) in [6.07, 6.45) is 4.46. The standard InChI is InChI=1S/C14H17FO/c1-9-6-7-13(15)12(8-9)14(16)10-4-2-3-5-11(10)14/h6-8,10-11,16H,2-5H2,1H3. The smallest absolute Gasteiger partial charge is 0.129 e. The minimum absolute atomic E-state index is 0.248. The summed E-state index contributed by atoms with van der Waals surface area (Å²) in [6, 6.07) is 5.05. The summed E-state index contributed by atoms with van der Waals surface area (Å²) in [5, 5.41) is 10.6. The highest BCUT2D eigenvalue weighted by atomic mass is 19.1. The number of rotatable bonds is 1. The number of hydrogen-bond acceptors (Lipinski definition) is 1. The maximum absolute atomic E-state index is 13.8. The van der Waals surface area contributed by atoms with Crippen molar-refractivity contribution in [2.45, 2.75) is 38.2 Å². The van der Waals surface area contributed by atoms with Gasteiger partial charge >= 0.3 is 0 Å². The lowest BCUT2D eigenvalue weighted by molar-refractivity contribution is 0.113. The van der Waals surface area contributed by atoms with E-state index in [1.54, 1.807) is 6.07 Å². The summed E-state index contributed by atoms with van der Waals surface area (Å²) in [5.74, 6) is 0.359. The van der Waals surface area contributed by atoms with Gasteiger partial charge in [0.25, 0.3) is 0 Å². The van der Waals surface area contributed by atoms with Gasteiger partial charge in [-0.1, -0.05) is 30.5 Å². The highest BCUT2D eigenvalue weighted by Crippen LogP contribution is 2.64. The molecular formula is C14H17FO. The van der Waals surface area contributed by atoms with Gasteiger partial charge < -0.3 is 5.11 Å². The van der Waals surface area contributed by atoms with Gasteiger partial charge in [-0.15, -0.1) is 0 Å². The van der Waals surface area contributed by atoms with Crippen molar-refractivity contribution in [2.75, 3.05) is 0 Å². The third-order valence-electron chi connectivity index (χ3n) is 4.34. The first kappa shape index (κ1) is 10.3. The minimum atomic E-state index is -0.855. The molecule has 0 heterocycles. The first-order chi connectivity index (χ1) is 7.64. The second-order valence-electron chi connectivity index (χ2n) is 5.31. The molecule has 3 rings (SSSR count). The summed E-state index contributed by atoms with van der Waals surface area (Å²) < 4.78 is 13.8. The third kappa shape index (κ3) is 1.26. The Morgan fingerprint density at radius 1 is 1.25 bits per heavy atom. The molecule has 86 valence electrons. The lowest BCUT2D eigenvalue weighted by Crippen LogP contribution is -2.13. The van der Waals surface area contributed by atoms with Gasteiger partial charge in [0.1, 0.15) is 5.82 Å². The fourth-order valence-electron chi connectivity index (χ4n) is 3.44. The molecule has 2 fully saturated rings. The number of fused-ring (bicyclic) bond motifs is 1. The van der Waals surface area contributed by atoms with Crippen LogP contribution in [-0.2, 0) is 5.60 Å². The molecule has 1 aromatic carbocycles. The van der Waals surface area contributed by atoms with Crippen LogP contribution in [0.25, 0.3) is 0 Å². The second kappa shape index (κ2) is 3.30. The summed E-state index contributed by atoms with van der Waals surface area (Å²) in [7, 11) is 0. The molecule has 16 heavy (non-hydrogen) atoms. The zero-order valence-corrected chi connectivity index (χ0v) is 9.54. The Labute approximate surface area is 95.3 Å². The maximum atomic E-state index is 13.8. The van der Waals surface area contributed by atoms with E-state index in [-0.39, 0.29) is 5.82 Å². The Bertz CT molecular complexity index is 415. The minimum Gasteiger partial charge on any atom is -0.384 e. The van der Waals surface area contributed by atoms with Gasteiger partial charge in [-0.05, 0) is 37.7 Å². The predicted molar refractivity (Wildman–Crippen MR) is 60.5 cm³/mol. The molecule has 2 saturated carbocycles. The van der Waals surface area contributed by atoms with Gasteiger partial charge in [0.15, 0.2) is 0 Å². The molecule has 1 aromatic rings. The molecule has 0 bridgehead atoms. The highest BCUT2D eigenvalue weighted by Gasteiger charge is 2.65. The lowest BCUT2D eigenvalue weighted by atomic mass is 10.0. The van der Waals surface area contributed by atoms with Crippen molar-refractivity contribution in [1.82, 2.24) is 0 Å². The number of halogens is 1. The molecule has 2 atom stereocenters. The number of aliphatic hydroxyl groups is 1. The van der Waals surface area contributed by atoms with Gasteiger partial charge in [-0.25, -0.2) is 4.39 Å². The van der Waals surface area contributed by atoms with Crippen molar-refractivity contribution in [1.29, 1.82) is 0 Å². The summed E-state index contributed by atoms with van der Waals surface area (Å²) in [5.41, 5.74) is 0.699. The molecule has 2 aliphatic rings. The van der Waals surface area contributed by atoms with Crippen LogP contribution in [0.1, 0.15) is 36.8 Å². The van der Waals surface area contributed by atoms with E-state index in [1.807, 2.05) is 13.0 Å². The van der Waals surface area contributed by atoms with Gasteiger partial charge in [0, 0.05) is 5.56 Å². The van der Waals surface area contributed by atoms with Crippen LogP contribution in [-0.4, -0.2) is 5.11 Å². The lowest BCUT2D eigenvalue weighted by Gasteiger charge is -2.13. The van der Waals surface area contributed by atoms with Crippen LogP contribution < -0.4 is 0 Å². The van der Waals surface area contributed by atoms with Gasteiger partial charge in [-0.2, -0.15) is 0 Å². The number of hydrogen-bond donors (Lipinski definition) is 1. The van der Waals surface area contributed by atoms with E-state index in [0.717, 1.165) is 18.4 Å². The normalized spacial score (nSPS) is 36.9. The summed E-state index contributed by atoms with van der Waals surface area (Å²) >= 11 is 0. The van der Waals surface area contributed by atoms with Crippen LogP contribution in [0.15, 0.2) is 18.2 Å². The first-order valence-corrected chi connectivity index (χ1v) is 6.13. The molecular weight excluding hydrogens is 203 g/mol. The zero-order chi connectivity index (χ0) is 11.3. The third-order valence-corrected chi connectivity index (χ3v) is 4.34. The van der Waals surface area contributed by atoms with Crippen LogP contribution in [0.3, 0.4) is 0 Å². The second-order valence-corrected chi connectivity index (χ2v) is 5.31. The molecule has 0 aliphatic heterocycles. The molecule has 2 unspecified atom stereocenters. The van der Waals surface area contributed by atoms with E-state index in [0.29, 0.717) is 17.4 Å². The van der Waals surface area contributed by atoms with Gasteiger partial charge in [0.2, 0.25) is 0 Å². The van der Waals surface area contributed by atoms with E-state index in [2.05, 4.69) is 0 Å². The molecule has 0 amide bonds. The van der Waals surface area contributed by atoms with E-state index >= 15 is 0 Å². The quantitative estimate of drug-likeness (QED) is 0.771. The van der Waals surface area contributed by atoms with Crippen LogP contribution in [0.4, 0.5) is 4.39 Å². The number of benzene rings is 1. The molecule has 1 nitrogen and oxygen atoms in total. The van der Waals surface area contributed by atoms with Crippen molar-refractivity contribution < 1.29 is 9.50 Å². The Kier molecular flexibility index (Phi) is 2.12. The molecule has 0 spiro atoms. The Balaban J connectivity index is 2.01. The Morgan fingerprint density at radius 2 is 1.88 bits per heavy atom. The van der Waals surface area contributed by atoms with Crippen LogP contribution in [0.5, 0.6) is 0 Å². The molecule has 2 aliphatic carbocycles. The van der Waals surface area contributed by atoms with E-state index in [1.165, 1.54) is 18.9 Å². The van der Waals surface area contributed by atoms with E-state index in [4.69, 9.17) is 0 Å². The average Bonchev–Trinajstić information content (AvgIpc) is 2.90. The van der Waals surface area contributed by atoms with E-state index < -0.39 is 5.60 Å². The zero-order valence-electron chi connectivity index (χ0n) is 9.54. The Morgan fingerprint density at radius 3 is 2.50 bits per heavy atom. The average molecular weight is 220 g/mol. The largest absolute Gasteiger partial charge is 0.384 e. The fourth-order valence-corrected chi connectivity index (χ4v) is 3.44. The predicted octanol–water partition coefficient (Wildman–Crippen LogP) is 3.14.